The molecule has 0 spiro atoms. The van der Waals surface area contributed by atoms with Gasteiger partial charge in [-0.15, -0.1) is 5.10 Å². The highest BCUT2D eigenvalue weighted by Gasteiger charge is 2.17. The molecule has 0 aliphatic carbocycles. The first kappa shape index (κ1) is 15.1. The molecule has 1 aromatic heterocycles. The summed E-state index contributed by atoms with van der Waals surface area (Å²) in [5.74, 6) is 0.311. The molecule has 112 valence electrons. The molecule has 0 aliphatic rings. The first-order valence-electron chi connectivity index (χ1n) is 6.71. The lowest BCUT2D eigenvalue weighted by atomic mass is 10.2. The van der Waals surface area contributed by atoms with Gasteiger partial charge in [0, 0.05) is 6.54 Å². The molecule has 2 aromatic rings. The van der Waals surface area contributed by atoms with Gasteiger partial charge in [-0.3, -0.25) is 9.69 Å². The normalized spacial score (nSPS) is 12.4. The fourth-order valence-electron chi connectivity index (χ4n) is 2.12. The molecule has 7 heteroatoms. The number of benzene rings is 1. The van der Waals surface area contributed by atoms with E-state index in [0.717, 1.165) is 11.5 Å². The zero-order valence-electron chi connectivity index (χ0n) is 12.4. The van der Waals surface area contributed by atoms with Crippen LogP contribution in [0.1, 0.15) is 12.7 Å². The van der Waals surface area contributed by atoms with E-state index in [1.54, 1.807) is 4.68 Å². The Kier molecular flexibility index (Phi) is 4.99. The Morgan fingerprint density at radius 1 is 1.38 bits per heavy atom. The van der Waals surface area contributed by atoms with Crippen molar-refractivity contribution >= 4 is 5.97 Å². The molecule has 0 saturated carbocycles. The number of aromatic nitrogens is 4. The number of rotatable bonds is 6. The van der Waals surface area contributed by atoms with Crippen molar-refractivity contribution in [2.45, 2.75) is 13.5 Å². The molecule has 7 nitrogen and oxygen atoms in total. The van der Waals surface area contributed by atoms with Crippen molar-refractivity contribution in [2.75, 3.05) is 20.7 Å². The second kappa shape index (κ2) is 6.94. The zero-order valence-corrected chi connectivity index (χ0v) is 12.4. The van der Waals surface area contributed by atoms with Crippen LogP contribution in [-0.2, 0) is 16.1 Å². The first-order valence-corrected chi connectivity index (χ1v) is 6.71. The van der Waals surface area contributed by atoms with Crippen molar-refractivity contribution < 1.29 is 9.53 Å². The van der Waals surface area contributed by atoms with Gasteiger partial charge in [0.05, 0.1) is 25.3 Å². The van der Waals surface area contributed by atoms with E-state index >= 15 is 0 Å². The maximum absolute atomic E-state index is 11.4. The Morgan fingerprint density at radius 3 is 2.76 bits per heavy atom. The molecule has 1 atom stereocenters. The Balaban J connectivity index is 2.04. The van der Waals surface area contributed by atoms with Gasteiger partial charge >= 0.3 is 5.97 Å². The molecule has 1 aromatic carbocycles. The maximum Gasteiger partial charge on any atom is 0.309 e. The number of hydrogen-bond donors (Lipinski definition) is 0. The Bertz CT molecular complexity index is 584. The lowest BCUT2D eigenvalue weighted by molar-refractivity contribution is -0.145. The number of tetrazole rings is 1. The molecule has 21 heavy (non-hydrogen) atoms. The molecule has 0 saturated heterocycles. The molecule has 0 amide bonds. The number of carbonyl (C=O) groups is 1. The summed E-state index contributed by atoms with van der Waals surface area (Å²) < 4.78 is 6.42. The molecule has 2 rings (SSSR count). The quantitative estimate of drug-likeness (QED) is 0.736. The smallest absolute Gasteiger partial charge is 0.309 e. The minimum absolute atomic E-state index is 0.193. The highest BCUT2D eigenvalue weighted by molar-refractivity contribution is 5.72. The van der Waals surface area contributed by atoms with Gasteiger partial charge < -0.3 is 4.74 Å². The summed E-state index contributed by atoms with van der Waals surface area (Å²) in [6, 6.07) is 9.69. The number of hydrogen-bond acceptors (Lipinski definition) is 6. The van der Waals surface area contributed by atoms with Crippen molar-refractivity contribution in [2.24, 2.45) is 5.92 Å². The lowest BCUT2D eigenvalue weighted by Crippen LogP contribution is -2.30. The van der Waals surface area contributed by atoms with Gasteiger partial charge in [-0.25, -0.2) is 0 Å². The fourth-order valence-corrected chi connectivity index (χ4v) is 2.12. The number of carbonyl (C=O) groups excluding carboxylic acids is 1. The largest absolute Gasteiger partial charge is 0.469 e. The van der Waals surface area contributed by atoms with Gasteiger partial charge in [-0.1, -0.05) is 25.1 Å². The Labute approximate surface area is 123 Å². The van der Waals surface area contributed by atoms with E-state index in [1.165, 1.54) is 7.11 Å². The minimum atomic E-state index is -0.218. The molecular formula is C14H19N5O2. The van der Waals surface area contributed by atoms with Crippen LogP contribution in [0.4, 0.5) is 0 Å². The van der Waals surface area contributed by atoms with Crippen molar-refractivity contribution in [3.05, 3.63) is 36.2 Å². The predicted octanol–water partition coefficient (Wildman–Crippen LogP) is 0.903. The summed E-state index contributed by atoms with van der Waals surface area (Å²) in [6.07, 6.45) is 0. The van der Waals surface area contributed by atoms with Gasteiger partial charge in [-0.05, 0) is 29.6 Å². The van der Waals surface area contributed by atoms with Gasteiger partial charge in [0.25, 0.3) is 0 Å². The van der Waals surface area contributed by atoms with Gasteiger partial charge in [-0.2, -0.15) is 4.68 Å². The molecule has 1 unspecified atom stereocenters. The van der Waals surface area contributed by atoms with Crippen LogP contribution < -0.4 is 0 Å². The first-order chi connectivity index (χ1) is 10.1. The van der Waals surface area contributed by atoms with Crippen LogP contribution in [0.2, 0.25) is 0 Å². The maximum atomic E-state index is 11.4. The standard InChI is InChI=1S/C14H19N5O2/c1-11(14(20)21-3)9-18(2)10-13-15-16-17-19(13)12-7-5-4-6-8-12/h4-8,11H,9-10H2,1-3H3. The van der Waals surface area contributed by atoms with Gasteiger partial charge in [0.2, 0.25) is 0 Å². The van der Waals surface area contributed by atoms with Crippen molar-refractivity contribution in [1.82, 2.24) is 25.1 Å². The summed E-state index contributed by atoms with van der Waals surface area (Å²) in [5, 5.41) is 11.8. The fraction of sp³-hybridized carbons (Fsp3) is 0.429. The summed E-state index contributed by atoms with van der Waals surface area (Å²) in [6.45, 7) is 2.96. The predicted molar refractivity (Wildman–Crippen MR) is 76.7 cm³/mol. The molecule has 0 fully saturated rings. The summed E-state index contributed by atoms with van der Waals surface area (Å²) >= 11 is 0. The van der Waals surface area contributed by atoms with Crippen LogP contribution >= 0.6 is 0 Å². The SMILES string of the molecule is COC(=O)C(C)CN(C)Cc1nnnn1-c1ccccc1. The number of para-hydroxylation sites is 1. The average molecular weight is 289 g/mol. The van der Waals surface area contributed by atoms with Crippen LogP contribution in [0.25, 0.3) is 5.69 Å². The number of esters is 1. The molecule has 0 bridgehead atoms. The van der Waals surface area contributed by atoms with E-state index in [1.807, 2.05) is 49.2 Å². The Morgan fingerprint density at radius 2 is 2.10 bits per heavy atom. The third kappa shape index (κ3) is 3.85. The summed E-state index contributed by atoms with van der Waals surface area (Å²) in [5.41, 5.74) is 0.909. The molecule has 0 radical (unpaired) electrons. The van der Waals surface area contributed by atoms with Crippen molar-refractivity contribution in [1.29, 1.82) is 0 Å². The monoisotopic (exact) mass is 289 g/mol. The molecule has 0 N–H and O–H groups in total. The highest BCUT2D eigenvalue weighted by Crippen LogP contribution is 2.09. The van der Waals surface area contributed by atoms with Crippen LogP contribution in [0, 0.1) is 5.92 Å². The lowest BCUT2D eigenvalue weighted by Gasteiger charge is -2.19. The van der Waals surface area contributed by atoms with Crippen molar-refractivity contribution in [3.63, 3.8) is 0 Å². The van der Waals surface area contributed by atoms with E-state index in [0.29, 0.717) is 13.1 Å². The van der Waals surface area contributed by atoms with E-state index in [-0.39, 0.29) is 11.9 Å². The van der Waals surface area contributed by atoms with E-state index < -0.39 is 0 Å². The number of ether oxygens (including phenoxy) is 1. The van der Waals surface area contributed by atoms with Crippen LogP contribution in [-0.4, -0.2) is 51.8 Å². The van der Waals surface area contributed by atoms with E-state index in [2.05, 4.69) is 15.5 Å². The molecule has 1 heterocycles. The third-order valence-corrected chi connectivity index (χ3v) is 3.14. The second-order valence-electron chi connectivity index (χ2n) is 4.96. The number of nitrogens with zero attached hydrogens (tertiary/aromatic N) is 5. The minimum Gasteiger partial charge on any atom is -0.469 e. The highest BCUT2D eigenvalue weighted by atomic mass is 16.5. The summed E-state index contributed by atoms with van der Waals surface area (Å²) in [7, 11) is 3.32. The third-order valence-electron chi connectivity index (χ3n) is 3.14. The Hall–Kier alpha value is -2.28. The van der Waals surface area contributed by atoms with Crippen molar-refractivity contribution in [3.8, 4) is 5.69 Å². The number of methoxy groups -OCH3 is 1. The average Bonchev–Trinajstić information content (AvgIpc) is 2.95. The molecular weight excluding hydrogens is 270 g/mol. The van der Waals surface area contributed by atoms with Crippen LogP contribution in [0.3, 0.4) is 0 Å². The van der Waals surface area contributed by atoms with E-state index in [9.17, 15) is 4.79 Å². The topological polar surface area (TPSA) is 73.1 Å². The van der Waals surface area contributed by atoms with Crippen LogP contribution in [0.5, 0.6) is 0 Å². The van der Waals surface area contributed by atoms with Crippen LogP contribution in [0.15, 0.2) is 30.3 Å². The zero-order chi connectivity index (χ0) is 15.2. The van der Waals surface area contributed by atoms with Gasteiger partial charge in [0.15, 0.2) is 5.82 Å². The summed E-state index contributed by atoms with van der Waals surface area (Å²) in [4.78, 5) is 13.4. The molecule has 0 aliphatic heterocycles. The van der Waals surface area contributed by atoms with E-state index in [4.69, 9.17) is 4.74 Å². The second-order valence-corrected chi connectivity index (χ2v) is 4.96. The van der Waals surface area contributed by atoms with Gasteiger partial charge in [0.1, 0.15) is 0 Å².